The van der Waals surface area contributed by atoms with Gasteiger partial charge in [0.25, 0.3) is 5.91 Å². The van der Waals surface area contributed by atoms with Gasteiger partial charge in [-0.1, -0.05) is 0 Å². The van der Waals surface area contributed by atoms with Crippen LogP contribution in [0.5, 0.6) is 0 Å². The highest BCUT2D eigenvalue weighted by molar-refractivity contribution is 5.81. The van der Waals surface area contributed by atoms with E-state index in [0.29, 0.717) is 13.1 Å². The highest BCUT2D eigenvalue weighted by Gasteiger charge is 2.33. The number of piperazine rings is 1. The molecular formula is C15H20N6O2. The molecule has 2 aliphatic heterocycles. The molecule has 122 valence electrons. The fourth-order valence-corrected chi connectivity index (χ4v) is 3.30. The average molecular weight is 316 g/mol. The van der Waals surface area contributed by atoms with E-state index >= 15 is 0 Å². The van der Waals surface area contributed by atoms with Crippen molar-refractivity contribution in [2.45, 2.75) is 32.0 Å². The first-order valence-electron chi connectivity index (χ1n) is 8.05. The molecule has 1 amide bonds. The van der Waals surface area contributed by atoms with Gasteiger partial charge < -0.3 is 14.5 Å². The Morgan fingerprint density at radius 1 is 1.22 bits per heavy atom. The number of amides is 1. The highest BCUT2D eigenvalue weighted by Crippen LogP contribution is 2.22. The molecule has 0 radical (unpaired) electrons. The number of rotatable bonds is 2. The van der Waals surface area contributed by atoms with Gasteiger partial charge in [-0.15, -0.1) is 0 Å². The van der Waals surface area contributed by atoms with Crippen LogP contribution in [0.3, 0.4) is 0 Å². The molecule has 2 fully saturated rings. The summed E-state index contributed by atoms with van der Waals surface area (Å²) < 4.78 is 7.48. The third-order valence-corrected chi connectivity index (χ3v) is 4.59. The number of ether oxygens (including phenoxy) is 1. The van der Waals surface area contributed by atoms with Gasteiger partial charge in [0.05, 0.1) is 18.5 Å². The monoisotopic (exact) mass is 316 g/mol. The Morgan fingerprint density at radius 2 is 2.04 bits per heavy atom. The van der Waals surface area contributed by atoms with E-state index in [1.165, 1.54) is 6.33 Å². The van der Waals surface area contributed by atoms with Gasteiger partial charge in [-0.3, -0.25) is 9.78 Å². The van der Waals surface area contributed by atoms with Crippen LogP contribution in [0, 0.1) is 0 Å². The van der Waals surface area contributed by atoms with Gasteiger partial charge >= 0.3 is 0 Å². The third-order valence-electron chi connectivity index (χ3n) is 4.59. The standard InChI is InChI=1S/C15H20N6O2/c1-11-2-3-12(23-11)15(22)20-6-4-19(5-7-20)14-9-16-8-13-17-10-18-21(13)14/h8-12H,2-7H2,1H3/t11-,12-/m1/s1. The Bertz CT molecular complexity index is 709. The largest absolute Gasteiger partial charge is 0.365 e. The summed E-state index contributed by atoms with van der Waals surface area (Å²) in [6.45, 7) is 4.93. The van der Waals surface area contributed by atoms with Gasteiger partial charge in [-0.25, -0.2) is 4.98 Å². The van der Waals surface area contributed by atoms with Gasteiger partial charge in [0.1, 0.15) is 12.4 Å². The highest BCUT2D eigenvalue weighted by atomic mass is 16.5. The summed E-state index contributed by atoms with van der Waals surface area (Å²) in [6, 6.07) is 0. The summed E-state index contributed by atoms with van der Waals surface area (Å²) in [4.78, 5) is 25.0. The van der Waals surface area contributed by atoms with Gasteiger partial charge in [0.15, 0.2) is 11.5 Å². The van der Waals surface area contributed by atoms with E-state index in [2.05, 4.69) is 20.0 Å². The molecule has 0 spiro atoms. The minimum absolute atomic E-state index is 0.131. The van der Waals surface area contributed by atoms with Crippen LogP contribution in [0.2, 0.25) is 0 Å². The number of nitrogens with zero attached hydrogens (tertiary/aromatic N) is 6. The van der Waals surface area contributed by atoms with Gasteiger partial charge in [-0.05, 0) is 19.8 Å². The Labute approximate surface area is 134 Å². The van der Waals surface area contributed by atoms with Crippen molar-refractivity contribution in [1.82, 2.24) is 24.5 Å². The van der Waals surface area contributed by atoms with E-state index in [1.807, 2.05) is 11.8 Å². The summed E-state index contributed by atoms with van der Waals surface area (Å²) >= 11 is 0. The zero-order valence-corrected chi connectivity index (χ0v) is 13.1. The average Bonchev–Trinajstić information content (AvgIpc) is 3.22. The topological polar surface area (TPSA) is 75.9 Å². The van der Waals surface area contributed by atoms with Crippen LogP contribution in [-0.2, 0) is 9.53 Å². The smallest absolute Gasteiger partial charge is 0.251 e. The summed E-state index contributed by atoms with van der Waals surface area (Å²) in [5.41, 5.74) is 0.731. The fourth-order valence-electron chi connectivity index (χ4n) is 3.30. The van der Waals surface area contributed by atoms with Crippen molar-refractivity contribution in [3.8, 4) is 0 Å². The van der Waals surface area contributed by atoms with Crippen molar-refractivity contribution >= 4 is 17.4 Å². The second kappa shape index (κ2) is 5.77. The minimum atomic E-state index is -0.253. The molecule has 4 heterocycles. The number of carbonyl (C=O) groups is 1. The SMILES string of the molecule is C[C@@H]1CC[C@H](C(=O)N2CCN(c3cncc4ncnn34)CC2)O1. The van der Waals surface area contributed by atoms with Gasteiger partial charge in [0.2, 0.25) is 0 Å². The first-order valence-corrected chi connectivity index (χ1v) is 8.05. The Morgan fingerprint density at radius 3 is 2.78 bits per heavy atom. The zero-order chi connectivity index (χ0) is 15.8. The minimum Gasteiger partial charge on any atom is -0.365 e. The van der Waals surface area contributed by atoms with Crippen molar-refractivity contribution in [3.63, 3.8) is 0 Å². The molecule has 2 aromatic rings. The summed E-state index contributed by atoms with van der Waals surface area (Å²) in [5, 5.41) is 4.24. The van der Waals surface area contributed by atoms with E-state index in [9.17, 15) is 4.79 Å². The lowest BCUT2D eigenvalue weighted by atomic mass is 10.2. The normalized spacial score (nSPS) is 25.3. The van der Waals surface area contributed by atoms with Crippen molar-refractivity contribution in [2.75, 3.05) is 31.1 Å². The number of anilines is 1. The van der Waals surface area contributed by atoms with Crippen LogP contribution in [0.4, 0.5) is 5.82 Å². The second-order valence-electron chi connectivity index (χ2n) is 6.12. The lowest BCUT2D eigenvalue weighted by Gasteiger charge is -2.36. The van der Waals surface area contributed by atoms with E-state index in [4.69, 9.17) is 4.74 Å². The van der Waals surface area contributed by atoms with Crippen molar-refractivity contribution < 1.29 is 9.53 Å². The number of hydrogen-bond acceptors (Lipinski definition) is 6. The van der Waals surface area contributed by atoms with Crippen molar-refractivity contribution in [3.05, 3.63) is 18.7 Å². The Balaban J connectivity index is 1.43. The Hall–Kier alpha value is -2.22. The number of hydrogen-bond donors (Lipinski definition) is 0. The fraction of sp³-hybridized carbons (Fsp3) is 0.600. The quantitative estimate of drug-likeness (QED) is 0.795. The molecule has 8 nitrogen and oxygen atoms in total. The van der Waals surface area contributed by atoms with Crippen LogP contribution < -0.4 is 4.90 Å². The zero-order valence-electron chi connectivity index (χ0n) is 13.1. The molecule has 0 aliphatic carbocycles. The number of carbonyl (C=O) groups excluding carboxylic acids is 1. The molecular weight excluding hydrogens is 296 g/mol. The lowest BCUT2D eigenvalue weighted by molar-refractivity contribution is -0.142. The predicted octanol–water partition coefficient (Wildman–Crippen LogP) is 0.340. The van der Waals surface area contributed by atoms with Gasteiger partial charge in [-0.2, -0.15) is 9.61 Å². The molecule has 0 N–H and O–H groups in total. The molecule has 23 heavy (non-hydrogen) atoms. The molecule has 2 aliphatic rings. The maximum absolute atomic E-state index is 12.5. The van der Waals surface area contributed by atoms with E-state index in [1.54, 1.807) is 16.9 Å². The lowest BCUT2D eigenvalue weighted by Crippen LogP contribution is -2.52. The van der Waals surface area contributed by atoms with Crippen LogP contribution in [-0.4, -0.2) is 68.8 Å². The molecule has 4 rings (SSSR count). The molecule has 0 saturated carbocycles. The summed E-state index contributed by atoms with van der Waals surface area (Å²) in [5.74, 6) is 1.05. The Kier molecular flexibility index (Phi) is 3.60. The summed E-state index contributed by atoms with van der Waals surface area (Å²) in [6.07, 6.45) is 6.76. The number of fused-ring (bicyclic) bond motifs is 1. The van der Waals surface area contributed by atoms with Gasteiger partial charge in [0, 0.05) is 26.2 Å². The maximum atomic E-state index is 12.5. The van der Waals surface area contributed by atoms with E-state index in [-0.39, 0.29) is 18.1 Å². The molecule has 0 aromatic carbocycles. The van der Waals surface area contributed by atoms with Crippen LogP contribution in [0.25, 0.3) is 5.65 Å². The van der Waals surface area contributed by atoms with Crippen molar-refractivity contribution in [2.24, 2.45) is 0 Å². The summed E-state index contributed by atoms with van der Waals surface area (Å²) in [7, 11) is 0. The first kappa shape index (κ1) is 14.4. The molecule has 0 unspecified atom stereocenters. The molecule has 2 atom stereocenters. The van der Waals surface area contributed by atoms with Crippen molar-refractivity contribution in [1.29, 1.82) is 0 Å². The predicted molar refractivity (Wildman–Crippen MR) is 83.1 cm³/mol. The number of aromatic nitrogens is 4. The van der Waals surface area contributed by atoms with Crippen LogP contribution >= 0.6 is 0 Å². The molecule has 8 heteroatoms. The third kappa shape index (κ3) is 2.63. The van der Waals surface area contributed by atoms with Crippen LogP contribution in [0.15, 0.2) is 18.7 Å². The first-order chi connectivity index (χ1) is 11.2. The van der Waals surface area contributed by atoms with Crippen LogP contribution in [0.1, 0.15) is 19.8 Å². The maximum Gasteiger partial charge on any atom is 0.251 e. The second-order valence-corrected chi connectivity index (χ2v) is 6.12. The molecule has 2 aromatic heterocycles. The van der Waals surface area contributed by atoms with E-state index < -0.39 is 0 Å². The molecule has 2 saturated heterocycles. The molecule has 0 bridgehead atoms. The van der Waals surface area contributed by atoms with E-state index in [0.717, 1.165) is 37.4 Å².